The number of sulfone groups is 1. The predicted octanol–water partition coefficient (Wildman–Crippen LogP) is 6.29. The third-order valence-corrected chi connectivity index (χ3v) is 5.83. The molecule has 0 fully saturated rings. The van der Waals surface area contributed by atoms with Gasteiger partial charge in [0.25, 0.3) is 9.84 Å². The van der Waals surface area contributed by atoms with Crippen LogP contribution in [0.25, 0.3) is 11.1 Å². The second kappa shape index (κ2) is 11.0. The molecule has 0 spiro atoms. The molecule has 0 radical (unpaired) electrons. The van der Waals surface area contributed by atoms with Crippen LogP contribution in [0, 0.1) is 11.6 Å². The molecule has 11 heteroatoms. The largest absolute Gasteiger partial charge is 0.502 e. The van der Waals surface area contributed by atoms with E-state index in [4.69, 9.17) is 14.2 Å². The summed E-state index contributed by atoms with van der Waals surface area (Å²) in [7, 11) is -6.23. The van der Waals surface area contributed by atoms with Gasteiger partial charge in [0.15, 0.2) is 0 Å². The monoisotopic (exact) mass is 496 g/mol. The number of alkyl halides is 3. The van der Waals surface area contributed by atoms with E-state index in [1.807, 2.05) is 20.8 Å². The number of rotatable bonds is 11. The van der Waals surface area contributed by atoms with Crippen molar-refractivity contribution in [2.45, 2.75) is 50.4 Å². The van der Waals surface area contributed by atoms with Gasteiger partial charge >= 0.3 is 5.51 Å². The van der Waals surface area contributed by atoms with E-state index in [0.717, 1.165) is 0 Å². The van der Waals surface area contributed by atoms with E-state index >= 15 is 0 Å². The molecule has 0 aliphatic heterocycles. The van der Waals surface area contributed by atoms with Gasteiger partial charge in [0.05, 0.1) is 25.4 Å². The molecule has 0 amide bonds. The second-order valence-electron chi connectivity index (χ2n) is 7.06. The van der Waals surface area contributed by atoms with Crippen LogP contribution < -0.4 is 14.2 Å². The van der Waals surface area contributed by atoms with E-state index < -0.39 is 31.9 Å². The fourth-order valence-corrected chi connectivity index (χ4v) is 3.74. The van der Waals surface area contributed by atoms with Crippen LogP contribution in [0.2, 0.25) is 0 Å². The first-order valence-corrected chi connectivity index (χ1v) is 11.8. The summed E-state index contributed by atoms with van der Waals surface area (Å²) in [4.78, 5) is -2.06. The molecule has 0 saturated carbocycles. The summed E-state index contributed by atoms with van der Waals surface area (Å²) >= 11 is 0. The Labute approximate surface area is 189 Å². The first kappa shape index (κ1) is 26.7. The highest BCUT2D eigenvalue weighted by atomic mass is 32.2. The average molecular weight is 496 g/mol. The molecular formula is C22H25F5O5S. The molecule has 0 saturated heterocycles. The molecule has 0 aliphatic carbocycles. The van der Waals surface area contributed by atoms with Crippen molar-refractivity contribution in [2.24, 2.45) is 0 Å². The molecule has 0 unspecified atom stereocenters. The summed E-state index contributed by atoms with van der Waals surface area (Å²) < 4.78 is 108. The van der Waals surface area contributed by atoms with E-state index in [2.05, 4.69) is 0 Å². The van der Waals surface area contributed by atoms with Crippen molar-refractivity contribution in [2.75, 3.05) is 19.8 Å². The Bertz CT molecular complexity index is 1020. The second-order valence-corrected chi connectivity index (χ2v) is 8.94. The molecule has 0 aromatic heterocycles. The minimum atomic E-state index is -6.23. The zero-order valence-electron chi connectivity index (χ0n) is 18.4. The van der Waals surface area contributed by atoms with Crippen molar-refractivity contribution >= 4 is 9.84 Å². The standard InChI is InChI=1S/C22H25F5O5S/c1-4-7-30-15-12-18(31-8-5-2)20(19(13-15)32-9-6-3)14-10-16(23)21(17(24)11-14)33(28,29)22(25,26)27/h10-13H,4-9H2,1-3H3. The van der Waals surface area contributed by atoms with Gasteiger partial charge in [0.1, 0.15) is 33.8 Å². The summed E-state index contributed by atoms with van der Waals surface area (Å²) in [6.07, 6.45) is 1.90. The third kappa shape index (κ3) is 6.07. The van der Waals surface area contributed by atoms with Crippen LogP contribution in [0.4, 0.5) is 22.0 Å². The maximum atomic E-state index is 14.6. The highest BCUT2D eigenvalue weighted by molar-refractivity contribution is 7.92. The smallest absolute Gasteiger partial charge is 0.493 e. The van der Waals surface area contributed by atoms with Crippen LogP contribution in [0.15, 0.2) is 29.2 Å². The van der Waals surface area contributed by atoms with Gasteiger partial charge in [-0.2, -0.15) is 13.2 Å². The van der Waals surface area contributed by atoms with Crippen molar-refractivity contribution in [3.63, 3.8) is 0 Å². The Hall–Kier alpha value is -2.56. The molecule has 5 nitrogen and oxygen atoms in total. The highest BCUT2D eigenvalue weighted by Gasteiger charge is 2.50. The fourth-order valence-electron chi connectivity index (χ4n) is 2.88. The van der Waals surface area contributed by atoms with E-state index in [0.29, 0.717) is 43.8 Å². The Balaban J connectivity index is 2.75. The van der Waals surface area contributed by atoms with E-state index in [-0.39, 0.29) is 35.8 Å². The maximum Gasteiger partial charge on any atom is 0.502 e. The van der Waals surface area contributed by atoms with Crippen molar-refractivity contribution < 1.29 is 44.6 Å². The van der Waals surface area contributed by atoms with Gasteiger partial charge in [-0.05, 0) is 37.0 Å². The van der Waals surface area contributed by atoms with Gasteiger partial charge < -0.3 is 14.2 Å². The number of hydrogen-bond acceptors (Lipinski definition) is 5. The normalized spacial score (nSPS) is 12.0. The highest BCUT2D eigenvalue weighted by Crippen LogP contribution is 2.44. The van der Waals surface area contributed by atoms with Crippen molar-refractivity contribution in [1.82, 2.24) is 0 Å². The SMILES string of the molecule is CCCOc1cc(OCCC)c(-c2cc(F)c(S(=O)(=O)C(F)(F)F)c(F)c2)c(OCCC)c1. The minimum Gasteiger partial charge on any atom is -0.493 e. The molecule has 2 rings (SSSR count). The van der Waals surface area contributed by atoms with Crippen LogP contribution >= 0.6 is 0 Å². The zero-order valence-corrected chi connectivity index (χ0v) is 19.2. The average Bonchev–Trinajstić information content (AvgIpc) is 2.72. The maximum absolute atomic E-state index is 14.6. The van der Waals surface area contributed by atoms with Gasteiger partial charge in [0.2, 0.25) is 0 Å². The summed E-state index contributed by atoms with van der Waals surface area (Å²) in [5.41, 5.74) is -6.04. The van der Waals surface area contributed by atoms with Gasteiger partial charge in [-0.1, -0.05) is 20.8 Å². The van der Waals surface area contributed by atoms with Crippen LogP contribution in [0.1, 0.15) is 40.0 Å². The predicted molar refractivity (Wildman–Crippen MR) is 112 cm³/mol. The fraction of sp³-hybridized carbons (Fsp3) is 0.455. The Kier molecular flexibility index (Phi) is 8.93. The van der Waals surface area contributed by atoms with E-state index in [9.17, 15) is 30.4 Å². The van der Waals surface area contributed by atoms with E-state index in [1.54, 1.807) is 0 Å². The number of halogens is 5. The molecule has 2 aromatic carbocycles. The number of benzene rings is 2. The molecule has 2 aromatic rings. The molecule has 0 N–H and O–H groups in total. The summed E-state index contributed by atoms with van der Waals surface area (Å²) in [5.74, 6) is -3.13. The quantitative estimate of drug-likeness (QED) is 0.342. The van der Waals surface area contributed by atoms with Crippen molar-refractivity contribution in [3.8, 4) is 28.4 Å². The molecule has 0 bridgehead atoms. The lowest BCUT2D eigenvalue weighted by atomic mass is 10.0. The van der Waals surface area contributed by atoms with Crippen LogP contribution in [-0.2, 0) is 9.84 Å². The first-order chi connectivity index (χ1) is 15.5. The zero-order chi connectivity index (χ0) is 24.8. The first-order valence-electron chi connectivity index (χ1n) is 10.3. The lowest BCUT2D eigenvalue weighted by Gasteiger charge is -2.19. The van der Waals surface area contributed by atoms with Crippen LogP contribution in [-0.4, -0.2) is 33.7 Å². The topological polar surface area (TPSA) is 61.8 Å². The van der Waals surface area contributed by atoms with Crippen molar-refractivity contribution in [3.05, 3.63) is 35.9 Å². The number of hydrogen-bond donors (Lipinski definition) is 0. The molecular weight excluding hydrogens is 471 g/mol. The lowest BCUT2D eigenvalue weighted by Crippen LogP contribution is -2.25. The summed E-state index contributed by atoms with van der Waals surface area (Å²) in [6.45, 7) is 6.40. The Morgan fingerprint density at radius 3 is 1.58 bits per heavy atom. The molecule has 0 atom stereocenters. The van der Waals surface area contributed by atoms with E-state index in [1.165, 1.54) is 12.1 Å². The van der Waals surface area contributed by atoms with Gasteiger partial charge in [0, 0.05) is 12.1 Å². The van der Waals surface area contributed by atoms with Gasteiger partial charge in [-0.25, -0.2) is 17.2 Å². The third-order valence-electron chi connectivity index (χ3n) is 4.30. The molecule has 33 heavy (non-hydrogen) atoms. The minimum absolute atomic E-state index is 0.0644. The van der Waals surface area contributed by atoms with Gasteiger partial charge in [-0.15, -0.1) is 0 Å². The lowest BCUT2D eigenvalue weighted by molar-refractivity contribution is -0.0439. The van der Waals surface area contributed by atoms with Gasteiger partial charge in [-0.3, -0.25) is 0 Å². The molecule has 184 valence electrons. The summed E-state index contributed by atoms with van der Waals surface area (Å²) in [6, 6.07) is 3.99. The molecule has 0 heterocycles. The summed E-state index contributed by atoms with van der Waals surface area (Å²) in [5, 5.41) is 0. The Morgan fingerprint density at radius 2 is 1.18 bits per heavy atom. The van der Waals surface area contributed by atoms with Crippen LogP contribution in [0.3, 0.4) is 0 Å². The van der Waals surface area contributed by atoms with Crippen LogP contribution in [0.5, 0.6) is 17.2 Å². The van der Waals surface area contributed by atoms with Crippen molar-refractivity contribution in [1.29, 1.82) is 0 Å². The Morgan fingerprint density at radius 1 is 0.758 bits per heavy atom. The molecule has 0 aliphatic rings. The number of ether oxygens (including phenoxy) is 3.